The first-order chi connectivity index (χ1) is 9.90. The summed E-state index contributed by atoms with van der Waals surface area (Å²) in [4.78, 5) is 26.1. The zero-order valence-electron chi connectivity index (χ0n) is 12.5. The number of aromatic amines is 1. The number of esters is 1. The molecule has 1 amide bonds. The number of nitrogens with one attached hydrogen (secondary N) is 2. The van der Waals surface area contributed by atoms with Gasteiger partial charge in [0.2, 0.25) is 6.41 Å². The third kappa shape index (κ3) is 3.84. The molecule has 1 unspecified atom stereocenters. The van der Waals surface area contributed by atoms with Crippen LogP contribution in [0.25, 0.3) is 10.9 Å². The molecular weight excluding hydrogens is 268 g/mol. The standard InChI is InChI=1S/C16H20N2O3/c1-16(2,3)21-15(20)14(18-10-19)8-11-9-17-13-7-5-4-6-12(11)13/h4-7,9-10,14,17H,8H2,1-3H3,(H,18,19). The Morgan fingerprint density at radius 2 is 2.10 bits per heavy atom. The van der Waals surface area contributed by atoms with Gasteiger partial charge in [0.25, 0.3) is 0 Å². The molecule has 0 spiro atoms. The second-order valence-corrected chi connectivity index (χ2v) is 5.93. The monoisotopic (exact) mass is 288 g/mol. The molecule has 0 fully saturated rings. The van der Waals surface area contributed by atoms with Crippen LogP contribution in [0.3, 0.4) is 0 Å². The van der Waals surface area contributed by atoms with Crippen molar-refractivity contribution < 1.29 is 14.3 Å². The van der Waals surface area contributed by atoms with E-state index in [1.807, 2.05) is 30.5 Å². The number of aromatic nitrogens is 1. The maximum absolute atomic E-state index is 12.2. The smallest absolute Gasteiger partial charge is 0.329 e. The summed E-state index contributed by atoms with van der Waals surface area (Å²) in [7, 11) is 0. The van der Waals surface area contributed by atoms with Crippen LogP contribution in [-0.4, -0.2) is 29.0 Å². The van der Waals surface area contributed by atoms with E-state index in [0.717, 1.165) is 16.5 Å². The largest absolute Gasteiger partial charge is 0.458 e. The van der Waals surface area contributed by atoms with Gasteiger partial charge in [0, 0.05) is 23.5 Å². The molecule has 1 atom stereocenters. The second-order valence-electron chi connectivity index (χ2n) is 5.93. The normalized spacial score (nSPS) is 12.9. The van der Waals surface area contributed by atoms with Gasteiger partial charge in [-0.05, 0) is 32.4 Å². The quantitative estimate of drug-likeness (QED) is 0.654. The van der Waals surface area contributed by atoms with Crippen molar-refractivity contribution in [2.45, 2.75) is 38.8 Å². The average Bonchev–Trinajstić information content (AvgIpc) is 2.80. The highest BCUT2D eigenvalue weighted by molar-refractivity contribution is 5.85. The van der Waals surface area contributed by atoms with E-state index in [4.69, 9.17) is 4.74 Å². The summed E-state index contributed by atoms with van der Waals surface area (Å²) in [6, 6.07) is 7.14. The van der Waals surface area contributed by atoms with Gasteiger partial charge >= 0.3 is 5.97 Å². The highest BCUT2D eigenvalue weighted by atomic mass is 16.6. The molecule has 0 aliphatic carbocycles. The van der Waals surface area contributed by atoms with Crippen LogP contribution in [0.2, 0.25) is 0 Å². The fourth-order valence-electron chi connectivity index (χ4n) is 2.19. The van der Waals surface area contributed by atoms with Gasteiger partial charge in [-0.2, -0.15) is 0 Å². The fourth-order valence-corrected chi connectivity index (χ4v) is 2.19. The third-order valence-electron chi connectivity index (χ3n) is 3.06. The Balaban J connectivity index is 2.19. The predicted molar refractivity (Wildman–Crippen MR) is 80.8 cm³/mol. The van der Waals surface area contributed by atoms with Gasteiger partial charge in [0.15, 0.2) is 0 Å². The SMILES string of the molecule is CC(C)(C)OC(=O)C(Cc1c[nH]c2ccccc12)NC=O. The average molecular weight is 288 g/mol. The lowest BCUT2D eigenvalue weighted by atomic mass is 10.0. The van der Waals surface area contributed by atoms with Gasteiger partial charge in [0.1, 0.15) is 11.6 Å². The Bertz CT molecular complexity index is 640. The van der Waals surface area contributed by atoms with E-state index in [2.05, 4.69) is 10.3 Å². The van der Waals surface area contributed by atoms with Crippen LogP contribution in [0.15, 0.2) is 30.5 Å². The van der Waals surface area contributed by atoms with E-state index >= 15 is 0 Å². The molecule has 0 aliphatic heterocycles. The molecular formula is C16H20N2O3. The fraction of sp³-hybridized carbons (Fsp3) is 0.375. The van der Waals surface area contributed by atoms with Gasteiger partial charge < -0.3 is 15.0 Å². The lowest BCUT2D eigenvalue weighted by molar-refractivity contribution is -0.158. The van der Waals surface area contributed by atoms with E-state index in [1.54, 1.807) is 20.8 Å². The molecule has 2 N–H and O–H groups in total. The maximum atomic E-state index is 12.2. The number of hydrogen-bond donors (Lipinski definition) is 2. The molecule has 5 nitrogen and oxygen atoms in total. The summed E-state index contributed by atoms with van der Waals surface area (Å²) in [6.07, 6.45) is 2.77. The summed E-state index contributed by atoms with van der Waals surface area (Å²) in [5.41, 5.74) is 1.39. The van der Waals surface area contributed by atoms with Crippen LogP contribution >= 0.6 is 0 Å². The Morgan fingerprint density at radius 3 is 2.76 bits per heavy atom. The van der Waals surface area contributed by atoms with Crippen molar-refractivity contribution in [3.05, 3.63) is 36.0 Å². The van der Waals surface area contributed by atoms with E-state index in [1.165, 1.54) is 0 Å². The molecule has 0 bridgehead atoms. The summed E-state index contributed by atoms with van der Waals surface area (Å²) < 4.78 is 5.34. The Kier molecular flexibility index (Phi) is 4.31. The lowest BCUT2D eigenvalue weighted by Gasteiger charge is -2.23. The number of amides is 1. The zero-order chi connectivity index (χ0) is 15.5. The number of H-pyrrole nitrogens is 1. The lowest BCUT2D eigenvalue weighted by Crippen LogP contribution is -2.42. The number of carbonyl (C=O) groups excluding carboxylic acids is 2. The second kappa shape index (κ2) is 5.99. The van der Waals surface area contributed by atoms with Crippen molar-refractivity contribution in [1.29, 1.82) is 0 Å². The first kappa shape index (κ1) is 15.1. The minimum absolute atomic E-state index is 0.387. The third-order valence-corrected chi connectivity index (χ3v) is 3.06. The molecule has 112 valence electrons. The summed E-state index contributed by atoms with van der Waals surface area (Å²) in [5.74, 6) is -0.431. The van der Waals surface area contributed by atoms with Crippen molar-refractivity contribution in [1.82, 2.24) is 10.3 Å². The molecule has 2 aromatic rings. The highest BCUT2D eigenvalue weighted by Crippen LogP contribution is 2.20. The Labute approximate surface area is 123 Å². The summed E-state index contributed by atoms with van der Waals surface area (Å²) in [5, 5.41) is 3.58. The summed E-state index contributed by atoms with van der Waals surface area (Å²) in [6.45, 7) is 5.40. The van der Waals surface area contributed by atoms with Crippen LogP contribution in [0.5, 0.6) is 0 Å². The number of rotatable bonds is 5. The van der Waals surface area contributed by atoms with Crippen molar-refractivity contribution in [3.63, 3.8) is 0 Å². The first-order valence-electron chi connectivity index (χ1n) is 6.88. The van der Waals surface area contributed by atoms with Gasteiger partial charge in [-0.25, -0.2) is 4.79 Å². The van der Waals surface area contributed by atoms with Crippen LogP contribution < -0.4 is 5.32 Å². The number of para-hydroxylation sites is 1. The molecule has 1 aromatic heterocycles. The molecule has 1 heterocycles. The molecule has 0 saturated heterocycles. The van der Waals surface area contributed by atoms with E-state index in [9.17, 15) is 9.59 Å². The molecule has 0 aliphatic rings. The summed E-state index contributed by atoms with van der Waals surface area (Å²) >= 11 is 0. The first-order valence-corrected chi connectivity index (χ1v) is 6.88. The highest BCUT2D eigenvalue weighted by Gasteiger charge is 2.25. The van der Waals surface area contributed by atoms with Crippen molar-refractivity contribution in [3.8, 4) is 0 Å². The van der Waals surface area contributed by atoms with E-state index in [0.29, 0.717) is 12.8 Å². The molecule has 2 rings (SSSR count). The van der Waals surface area contributed by atoms with Crippen molar-refractivity contribution >= 4 is 23.3 Å². The minimum atomic E-state index is -0.694. The Morgan fingerprint density at radius 1 is 1.38 bits per heavy atom. The van der Waals surface area contributed by atoms with Gasteiger partial charge in [-0.3, -0.25) is 4.79 Å². The molecule has 5 heteroatoms. The van der Waals surface area contributed by atoms with E-state index < -0.39 is 17.6 Å². The molecule has 0 saturated carbocycles. The van der Waals surface area contributed by atoms with Crippen LogP contribution in [0.4, 0.5) is 0 Å². The number of ether oxygens (including phenoxy) is 1. The van der Waals surface area contributed by atoms with Crippen molar-refractivity contribution in [2.75, 3.05) is 0 Å². The van der Waals surface area contributed by atoms with Gasteiger partial charge in [-0.1, -0.05) is 18.2 Å². The van der Waals surface area contributed by atoms with Crippen LogP contribution in [0.1, 0.15) is 26.3 Å². The molecule has 1 aromatic carbocycles. The van der Waals surface area contributed by atoms with Gasteiger partial charge in [-0.15, -0.1) is 0 Å². The van der Waals surface area contributed by atoms with Gasteiger partial charge in [0.05, 0.1) is 0 Å². The number of benzene rings is 1. The number of hydrogen-bond acceptors (Lipinski definition) is 3. The molecule has 0 radical (unpaired) electrons. The number of carbonyl (C=O) groups is 2. The van der Waals surface area contributed by atoms with E-state index in [-0.39, 0.29) is 0 Å². The predicted octanol–water partition coefficient (Wildman–Crippen LogP) is 2.17. The maximum Gasteiger partial charge on any atom is 0.329 e. The Hall–Kier alpha value is -2.30. The molecule has 21 heavy (non-hydrogen) atoms. The topological polar surface area (TPSA) is 71.2 Å². The van der Waals surface area contributed by atoms with Crippen LogP contribution in [-0.2, 0) is 20.7 Å². The van der Waals surface area contributed by atoms with Crippen molar-refractivity contribution in [2.24, 2.45) is 0 Å². The minimum Gasteiger partial charge on any atom is -0.458 e. The van der Waals surface area contributed by atoms with Crippen LogP contribution in [0, 0.1) is 0 Å². The zero-order valence-corrected chi connectivity index (χ0v) is 12.5. The number of fused-ring (bicyclic) bond motifs is 1.